The topological polar surface area (TPSA) is 44.0 Å². The molecule has 0 unspecified atom stereocenters. The number of para-hydroxylation sites is 1. The number of nitrogens with zero attached hydrogens (tertiary/aromatic N) is 1. The van der Waals surface area contributed by atoms with E-state index in [2.05, 4.69) is 0 Å². The number of hydrogen-bond donors (Lipinski definition) is 1. The van der Waals surface area contributed by atoms with Gasteiger partial charge in [-0.15, -0.1) is 0 Å². The average molecular weight is 158 g/mol. The summed E-state index contributed by atoms with van der Waals surface area (Å²) in [4.78, 5) is 0. The van der Waals surface area contributed by atoms with Gasteiger partial charge < -0.3 is 5.11 Å². The average Bonchev–Trinajstić information content (AvgIpc) is 1.89. The van der Waals surface area contributed by atoms with Crippen LogP contribution in [0.15, 0.2) is 24.3 Å². The molecule has 10 heavy (non-hydrogen) atoms. The number of hydrogen-bond acceptors (Lipinski definition) is 2. The fourth-order valence-corrected chi connectivity index (χ4v) is 0.568. The SMILES string of the molecule is N#Cc1ccccc1O.[K]. The van der Waals surface area contributed by atoms with Crippen molar-refractivity contribution in [1.82, 2.24) is 0 Å². The van der Waals surface area contributed by atoms with Crippen LogP contribution in [0, 0.1) is 11.3 Å². The van der Waals surface area contributed by atoms with Gasteiger partial charge in [0.05, 0.1) is 5.56 Å². The first-order chi connectivity index (χ1) is 4.34. The van der Waals surface area contributed by atoms with Crippen molar-refractivity contribution in [2.45, 2.75) is 0 Å². The third kappa shape index (κ3) is 2.41. The van der Waals surface area contributed by atoms with Crippen LogP contribution in [0.2, 0.25) is 0 Å². The van der Waals surface area contributed by atoms with Crippen LogP contribution in [-0.4, -0.2) is 56.5 Å². The monoisotopic (exact) mass is 158 g/mol. The zero-order chi connectivity index (χ0) is 6.69. The molecule has 0 aliphatic rings. The second kappa shape index (κ2) is 4.89. The van der Waals surface area contributed by atoms with E-state index < -0.39 is 0 Å². The van der Waals surface area contributed by atoms with E-state index in [1.807, 2.05) is 6.07 Å². The zero-order valence-corrected chi connectivity index (χ0v) is 8.83. The summed E-state index contributed by atoms with van der Waals surface area (Å²) in [5.74, 6) is 0.0417. The van der Waals surface area contributed by atoms with E-state index in [9.17, 15) is 0 Å². The van der Waals surface area contributed by atoms with Gasteiger partial charge in [-0.25, -0.2) is 0 Å². The van der Waals surface area contributed by atoms with E-state index in [-0.39, 0.29) is 57.1 Å². The van der Waals surface area contributed by atoms with Crippen LogP contribution in [-0.2, 0) is 0 Å². The van der Waals surface area contributed by atoms with Crippen molar-refractivity contribution in [3.8, 4) is 11.8 Å². The quantitative estimate of drug-likeness (QED) is 0.570. The molecule has 2 nitrogen and oxygen atoms in total. The number of nitriles is 1. The molecule has 0 amide bonds. The molecular formula is C7H5KNO. The van der Waals surface area contributed by atoms with Crippen molar-refractivity contribution in [2.24, 2.45) is 0 Å². The molecule has 0 fully saturated rings. The van der Waals surface area contributed by atoms with Crippen LogP contribution in [0.3, 0.4) is 0 Å². The maximum Gasteiger partial charge on any atom is 0.133 e. The summed E-state index contributed by atoms with van der Waals surface area (Å²) >= 11 is 0. The molecule has 3 heteroatoms. The molecule has 0 spiro atoms. The fourth-order valence-electron chi connectivity index (χ4n) is 0.568. The minimum Gasteiger partial charge on any atom is -0.507 e. The largest absolute Gasteiger partial charge is 0.507 e. The molecule has 0 heterocycles. The number of benzene rings is 1. The van der Waals surface area contributed by atoms with Gasteiger partial charge in [-0.2, -0.15) is 5.26 Å². The van der Waals surface area contributed by atoms with Crippen molar-refractivity contribution in [1.29, 1.82) is 5.26 Å². The number of phenols is 1. The molecule has 0 atom stereocenters. The molecule has 0 aromatic heterocycles. The Bertz CT molecular complexity index is 254. The first-order valence-corrected chi connectivity index (χ1v) is 2.52. The molecule has 1 N–H and O–H groups in total. The van der Waals surface area contributed by atoms with E-state index >= 15 is 0 Å². The van der Waals surface area contributed by atoms with Gasteiger partial charge in [0.1, 0.15) is 11.8 Å². The van der Waals surface area contributed by atoms with Gasteiger partial charge in [0.2, 0.25) is 0 Å². The van der Waals surface area contributed by atoms with Crippen LogP contribution < -0.4 is 0 Å². The van der Waals surface area contributed by atoms with Gasteiger partial charge in [-0.3, -0.25) is 0 Å². The van der Waals surface area contributed by atoms with E-state index in [0.717, 1.165) is 0 Å². The third-order valence-corrected chi connectivity index (χ3v) is 1.02. The van der Waals surface area contributed by atoms with Crippen LogP contribution in [0.5, 0.6) is 5.75 Å². The Balaban J connectivity index is 0.000000810. The maximum atomic E-state index is 8.89. The molecule has 1 radical (unpaired) electrons. The summed E-state index contributed by atoms with van der Waals surface area (Å²) in [6.45, 7) is 0. The van der Waals surface area contributed by atoms with Crippen LogP contribution in [0.4, 0.5) is 0 Å². The van der Waals surface area contributed by atoms with Crippen molar-refractivity contribution in [2.75, 3.05) is 0 Å². The number of rotatable bonds is 0. The Morgan fingerprint density at radius 2 is 1.90 bits per heavy atom. The summed E-state index contributed by atoms with van der Waals surface area (Å²) in [5.41, 5.74) is 0.317. The van der Waals surface area contributed by atoms with Gasteiger partial charge in [-0.05, 0) is 12.1 Å². The third-order valence-electron chi connectivity index (χ3n) is 1.02. The minimum absolute atomic E-state index is 0. The Morgan fingerprint density at radius 3 is 2.30 bits per heavy atom. The first kappa shape index (κ1) is 10.1. The Labute approximate surface area is 102 Å². The second-order valence-electron chi connectivity index (χ2n) is 1.63. The molecule has 1 aromatic carbocycles. The normalized spacial score (nSPS) is 7.50. The smallest absolute Gasteiger partial charge is 0.133 e. The Morgan fingerprint density at radius 1 is 1.30 bits per heavy atom. The van der Waals surface area contributed by atoms with Crippen LogP contribution in [0.1, 0.15) is 5.56 Å². The predicted octanol–water partition coefficient (Wildman–Crippen LogP) is 0.883. The molecule has 1 aromatic rings. The van der Waals surface area contributed by atoms with Gasteiger partial charge in [0.15, 0.2) is 0 Å². The van der Waals surface area contributed by atoms with Gasteiger partial charge in [0.25, 0.3) is 0 Å². The zero-order valence-electron chi connectivity index (χ0n) is 5.70. The molecule has 1 rings (SSSR count). The second-order valence-corrected chi connectivity index (χ2v) is 1.63. The standard InChI is InChI=1S/C7H5NO.K/c8-5-6-3-1-2-4-7(6)9;/h1-4,9H;. The molecule has 0 saturated heterocycles. The van der Waals surface area contributed by atoms with E-state index in [4.69, 9.17) is 10.4 Å². The van der Waals surface area contributed by atoms with Crippen molar-refractivity contribution < 1.29 is 5.11 Å². The van der Waals surface area contributed by atoms with Crippen molar-refractivity contribution in [3.63, 3.8) is 0 Å². The van der Waals surface area contributed by atoms with Crippen LogP contribution >= 0.6 is 0 Å². The molecular weight excluding hydrogens is 153 g/mol. The van der Waals surface area contributed by atoms with E-state index in [1.54, 1.807) is 18.2 Å². The van der Waals surface area contributed by atoms with Crippen molar-refractivity contribution in [3.05, 3.63) is 29.8 Å². The fraction of sp³-hybridized carbons (Fsp3) is 0. The molecule has 0 saturated carbocycles. The Hall–Kier alpha value is 0.146. The number of aromatic hydroxyl groups is 1. The molecule has 45 valence electrons. The van der Waals surface area contributed by atoms with E-state index in [1.165, 1.54) is 6.07 Å². The van der Waals surface area contributed by atoms with E-state index in [0.29, 0.717) is 5.56 Å². The first-order valence-electron chi connectivity index (χ1n) is 2.52. The van der Waals surface area contributed by atoms with Crippen LogP contribution in [0.25, 0.3) is 0 Å². The molecule has 0 aliphatic carbocycles. The summed E-state index contributed by atoms with van der Waals surface area (Å²) < 4.78 is 0. The Kier molecular flexibility index (Phi) is 4.96. The van der Waals surface area contributed by atoms with Gasteiger partial charge in [0, 0.05) is 51.4 Å². The molecule has 0 aliphatic heterocycles. The molecule has 0 bridgehead atoms. The number of phenolic OH excluding ortho intramolecular Hbond substituents is 1. The summed E-state index contributed by atoms with van der Waals surface area (Å²) in [7, 11) is 0. The summed E-state index contributed by atoms with van der Waals surface area (Å²) in [6, 6.07) is 8.28. The maximum absolute atomic E-state index is 8.89. The predicted molar refractivity (Wildman–Crippen MR) is 38.6 cm³/mol. The minimum atomic E-state index is 0. The van der Waals surface area contributed by atoms with Gasteiger partial charge in [-0.1, -0.05) is 12.1 Å². The summed E-state index contributed by atoms with van der Waals surface area (Å²) in [5, 5.41) is 17.2. The van der Waals surface area contributed by atoms with Crippen molar-refractivity contribution >= 4 is 51.4 Å². The summed E-state index contributed by atoms with van der Waals surface area (Å²) in [6.07, 6.45) is 0. The van der Waals surface area contributed by atoms with Gasteiger partial charge >= 0.3 is 0 Å².